The summed E-state index contributed by atoms with van der Waals surface area (Å²) in [6.45, 7) is 0.479. The van der Waals surface area contributed by atoms with Gasteiger partial charge in [-0.05, 0) is 54.8 Å². The Morgan fingerprint density at radius 2 is 1.71 bits per heavy atom. The van der Waals surface area contributed by atoms with Crippen LogP contribution in [0.3, 0.4) is 0 Å². The van der Waals surface area contributed by atoms with Crippen molar-refractivity contribution in [3.63, 3.8) is 0 Å². The molecule has 0 aliphatic heterocycles. The SMILES string of the molecule is CN.COc1ccc(-c2ccc(CO)cc2)cc1CN(C(=O)c1sc2ccccc2c1Cl)C1CCCCC1. The first-order chi connectivity index (χ1) is 18.6. The molecule has 0 radical (unpaired) electrons. The molecule has 0 atom stereocenters. The summed E-state index contributed by atoms with van der Waals surface area (Å²) in [4.78, 5) is 16.7. The van der Waals surface area contributed by atoms with E-state index in [-0.39, 0.29) is 18.6 Å². The van der Waals surface area contributed by atoms with Crippen molar-refractivity contribution < 1.29 is 14.6 Å². The van der Waals surface area contributed by atoms with Crippen LogP contribution < -0.4 is 10.5 Å². The van der Waals surface area contributed by atoms with Crippen LogP contribution in [0.15, 0.2) is 66.7 Å². The van der Waals surface area contributed by atoms with Crippen molar-refractivity contribution >= 4 is 38.9 Å². The zero-order valence-electron chi connectivity index (χ0n) is 22.0. The van der Waals surface area contributed by atoms with E-state index in [1.165, 1.54) is 24.8 Å². The van der Waals surface area contributed by atoms with Crippen LogP contribution in [0.1, 0.15) is 52.9 Å². The summed E-state index contributed by atoms with van der Waals surface area (Å²) in [6, 6.07) is 22.1. The van der Waals surface area contributed by atoms with Crippen LogP contribution in [-0.4, -0.2) is 36.1 Å². The summed E-state index contributed by atoms with van der Waals surface area (Å²) >= 11 is 8.22. The third-order valence-electron chi connectivity index (χ3n) is 7.10. The summed E-state index contributed by atoms with van der Waals surface area (Å²) < 4.78 is 6.75. The highest BCUT2D eigenvalue weighted by molar-refractivity contribution is 7.21. The second-order valence-electron chi connectivity index (χ2n) is 9.35. The summed E-state index contributed by atoms with van der Waals surface area (Å²) in [7, 11) is 3.17. The van der Waals surface area contributed by atoms with Gasteiger partial charge in [-0.25, -0.2) is 0 Å². The summed E-state index contributed by atoms with van der Waals surface area (Å²) in [5.41, 5.74) is 8.45. The van der Waals surface area contributed by atoms with Crippen molar-refractivity contribution in [2.24, 2.45) is 5.73 Å². The molecule has 1 aliphatic carbocycles. The van der Waals surface area contributed by atoms with E-state index in [2.05, 4.69) is 11.8 Å². The van der Waals surface area contributed by atoms with Crippen LogP contribution in [0.2, 0.25) is 5.02 Å². The molecule has 1 amide bonds. The molecule has 4 aromatic rings. The molecule has 1 saturated carbocycles. The molecule has 5 nitrogen and oxygen atoms in total. The van der Waals surface area contributed by atoms with Gasteiger partial charge in [0.05, 0.1) is 18.7 Å². The smallest absolute Gasteiger partial charge is 0.266 e. The second-order valence-corrected chi connectivity index (χ2v) is 10.8. The van der Waals surface area contributed by atoms with Crippen LogP contribution in [-0.2, 0) is 13.2 Å². The number of nitrogens with zero attached hydrogens (tertiary/aromatic N) is 1. The summed E-state index contributed by atoms with van der Waals surface area (Å²) in [5, 5.41) is 10.9. The van der Waals surface area contributed by atoms with Crippen molar-refractivity contribution in [2.45, 2.75) is 51.3 Å². The molecule has 3 N–H and O–H groups in total. The van der Waals surface area contributed by atoms with Crippen molar-refractivity contribution in [3.8, 4) is 16.9 Å². The minimum atomic E-state index is -0.00662. The number of rotatable bonds is 7. The number of nitrogens with two attached hydrogens (primary N) is 1. The van der Waals surface area contributed by atoms with Gasteiger partial charge in [0.25, 0.3) is 5.91 Å². The molecule has 5 rings (SSSR count). The Kier molecular flexibility index (Phi) is 9.80. The highest BCUT2D eigenvalue weighted by Gasteiger charge is 2.30. The summed E-state index contributed by atoms with van der Waals surface area (Å²) in [6.07, 6.45) is 5.47. The van der Waals surface area contributed by atoms with Crippen LogP contribution in [0.5, 0.6) is 5.75 Å². The topological polar surface area (TPSA) is 75.8 Å². The average molecular weight is 551 g/mol. The fourth-order valence-electron chi connectivity index (χ4n) is 5.11. The average Bonchev–Trinajstić information content (AvgIpc) is 3.33. The van der Waals surface area contributed by atoms with E-state index in [0.29, 0.717) is 16.4 Å². The maximum Gasteiger partial charge on any atom is 0.266 e. The van der Waals surface area contributed by atoms with Gasteiger partial charge in [0.1, 0.15) is 10.6 Å². The quantitative estimate of drug-likeness (QED) is 0.253. The maximum absolute atomic E-state index is 14.1. The molecule has 1 aromatic heterocycles. The number of methoxy groups -OCH3 is 1. The molecule has 1 fully saturated rings. The summed E-state index contributed by atoms with van der Waals surface area (Å²) in [5.74, 6) is 0.759. The predicted molar refractivity (Wildman–Crippen MR) is 158 cm³/mol. The number of hydrogen-bond acceptors (Lipinski definition) is 5. The van der Waals surface area contributed by atoms with Crippen molar-refractivity contribution in [3.05, 3.63) is 87.8 Å². The van der Waals surface area contributed by atoms with Crippen molar-refractivity contribution in [1.29, 1.82) is 0 Å². The molecule has 1 heterocycles. The molecule has 0 spiro atoms. The Hall–Kier alpha value is -2.90. The minimum Gasteiger partial charge on any atom is -0.496 e. The van der Waals surface area contributed by atoms with Crippen LogP contribution >= 0.6 is 22.9 Å². The van der Waals surface area contributed by atoms with Gasteiger partial charge in [-0.1, -0.05) is 79.4 Å². The molecule has 3 aromatic carbocycles. The van der Waals surface area contributed by atoms with Gasteiger partial charge in [-0.2, -0.15) is 0 Å². The van der Waals surface area contributed by atoms with Crippen LogP contribution in [0.25, 0.3) is 21.2 Å². The van der Waals surface area contributed by atoms with Crippen LogP contribution in [0.4, 0.5) is 0 Å². The zero-order valence-corrected chi connectivity index (χ0v) is 23.5. The molecular formula is C31H35ClN2O3S. The number of halogens is 1. The number of fused-ring (bicyclic) bond motifs is 1. The highest BCUT2D eigenvalue weighted by atomic mass is 35.5. The lowest BCUT2D eigenvalue weighted by molar-refractivity contribution is 0.0618. The lowest BCUT2D eigenvalue weighted by Gasteiger charge is -2.34. The Balaban J connectivity index is 0.00000164. The Labute approximate surface area is 233 Å². The van der Waals surface area contributed by atoms with E-state index in [1.807, 2.05) is 65.6 Å². The fourth-order valence-corrected chi connectivity index (χ4v) is 6.58. The van der Waals surface area contributed by atoms with E-state index >= 15 is 0 Å². The van der Waals surface area contributed by atoms with Gasteiger partial charge in [0.2, 0.25) is 0 Å². The fraction of sp³-hybridized carbons (Fsp3) is 0.323. The lowest BCUT2D eigenvalue weighted by atomic mass is 9.93. The largest absolute Gasteiger partial charge is 0.496 e. The third-order valence-corrected chi connectivity index (χ3v) is 8.76. The monoisotopic (exact) mass is 550 g/mol. The normalized spacial score (nSPS) is 13.6. The van der Waals surface area contributed by atoms with Crippen molar-refractivity contribution in [1.82, 2.24) is 4.90 Å². The van der Waals surface area contributed by atoms with Crippen LogP contribution in [0, 0.1) is 0 Å². The number of ether oxygens (including phenoxy) is 1. The van der Waals surface area contributed by atoms with Gasteiger partial charge in [-0.3, -0.25) is 4.79 Å². The Bertz CT molecular complexity index is 1360. The number of benzene rings is 3. The zero-order chi connectivity index (χ0) is 27.1. The number of thiophene rings is 1. The molecular weight excluding hydrogens is 516 g/mol. The minimum absolute atomic E-state index is 0.00662. The Morgan fingerprint density at radius 1 is 1.03 bits per heavy atom. The standard InChI is InChI=1S/C30H30ClNO3S.CH5N/c1-35-26-16-15-22(21-13-11-20(19-33)12-14-21)17-23(26)18-32(24-7-3-2-4-8-24)30(34)29-28(31)25-9-5-6-10-27(25)36-29;1-2/h5-6,9-17,24,33H,2-4,7-8,18-19H2,1H3;2H2,1H3. The first-order valence-corrected chi connectivity index (χ1v) is 14.2. The molecule has 7 heteroatoms. The van der Waals surface area contributed by atoms with Gasteiger partial charge in [-0.15, -0.1) is 11.3 Å². The number of carbonyl (C=O) groups is 1. The van der Waals surface area contributed by atoms with Gasteiger partial charge >= 0.3 is 0 Å². The van der Waals surface area contributed by atoms with E-state index < -0.39 is 0 Å². The first kappa shape index (κ1) is 28.1. The highest BCUT2D eigenvalue weighted by Crippen LogP contribution is 2.38. The first-order valence-electron chi connectivity index (χ1n) is 13.0. The maximum atomic E-state index is 14.1. The van der Waals surface area contributed by atoms with E-state index in [9.17, 15) is 9.90 Å². The molecule has 0 saturated heterocycles. The molecule has 0 unspecified atom stereocenters. The third kappa shape index (κ3) is 6.05. The van der Waals surface area contributed by atoms with Crippen molar-refractivity contribution in [2.75, 3.05) is 14.2 Å². The molecule has 200 valence electrons. The lowest BCUT2D eigenvalue weighted by Crippen LogP contribution is -2.40. The number of aliphatic hydroxyl groups excluding tert-OH is 1. The number of aliphatic hydroxyl groups is 1. The predicted octanol–water partition coefficient (Wildman–Crippen LogP) is 7.27. The second kappa shape index (κ2) is 13.3. The van der Waals surface area contributed by atoms with E-state index in [0.717, 1.165) is 63.8 Å². The molecule has 0 bridgehead atoms. The number of hydrogen-bond donors (Lipinski definition) is 2. The van der Waals surface area contributed by atoms with E-state index in [4.69, 9.17) is 16.3 Å². The Morgan fingerprint density at radius 3 is 2.37 bits per heavy atom. The molecule has 1 aliphatic rings. The number of carbonyl (C=O) groups excluding carboxylic acids is 1. The van der Waals surface area contributed by atoms with Gasteiger partial charge < -0.3 is 20.5 Å². The number of amides is 1. The molecule has 38 heavy (non-hydrogen) atoms. The van der Waals surface area contributed by atoms with Gasteiger partial charge in [0, 0.05) is 28.2 Å². The van der Waals surface area contributed by atoms with E-state index in [1.54, 1.807) is 7.11 Å². The van der Waals surface area contributed by atoms with Gasteiger partial charge in [0.15, 0.2) is 0 Å².